The molecule has 1 aliphatic heterocycles. The number of aliphatic hydroxyl groups excluding tert-OH is 1. The first kappa shape index (κ1) is 84.5. The van der Waals surface area contributed by atoms with Crippen LogP contribution >= 0.6 is 0 Å². The Hall–Kier alpha value is -17.2. The molecule has 22 heterocycles. The van der Waals surface area contributed by atoms with Gasteiger partial charge in [0.25, 0.3) is 0 Å². The highest BCUT2D eigenvalue weighted by atomic mass is 16.3. The number of H-pyrrole nitrogens is 5. The van der Waals surface area contributed by atoms with E-state index in [2.05, 4.69) is 196 Å². The van der Waals surface area contributed by atoms with Crippen molar-refractivity contribution in [3.05, 3.63) is 290 Å². The molecule has 0 amide bonds. The molecule has 0 saturated carbocycles. The second kappa shape index (κ2) is 40.7. The number of furan rings is 2. The van der Waals surface area contributed by atoms with E-state index < -0.39 is 0 Å². The molecule has 43 nitrogen and oxygen atoms in total. The van der Waals surface area contributed by atoms with Crippen molar-refractivity contribution >= 4 is 107 Å². The second-order valence-corrected chi connectivity index (χ2v) is 28.5. The summed E-state index contributed by atoms with van der Waals surface area (Å²) in [7, 11) is 0. The van der Waals surface area contributed by atoms with Crippen LogP contribution in [0.15, 0.2) is 207 Å². The molecule has 0 spiro atoms. The van der Waals surface area contributed by atoms with Gasteiger partial charge in [-0.25, -0.2) is 79.7 Å². The van der Waals surface area contributed by atoms with Crippen molar-refractivity contribution in [1.82, 2.24) is 169 Å². The Morgan fingerprint density at radius 3 is 1.62 bits per heavy atom. The molecule has 1 aliphatic rings. The Labute approximate surface area is 727 Å². The largest absolute Gasteiger partial charge is 0.469 e. The number of aromatic nitrogens is 34. The minimum absolute atomic E-state index is 0.0917. The summed E-state index contributed by atoms with van der Waals surface area (Å²) in [6.45, 7) is 17.0. The summed E-state index contributed by atoms with van der Waals surface area (Å²) >= 11 is 0. The van der Waals surface area contributed by atoms with Gasteiger partial charge in [0.15, 0.2) is 40.0 Å². The smallest absolute Gasteiger partial charge is 0.183 e. The Balaban J connectivity index is 0.000000110. The zero-order chi connectivity index (χ0) is 87.9. The Kier molecular flexibility index (Phi) is 26.8. The number of hydrogen-bond donors (Lipinski definition) is 12. The maximum Gasteiger partial charge on any atom is 0.183 e. The molecule has 1 atom stereocenters. The third-order valence-corrected chi connectivity index (χ3v) is 20.0. The summed E-state index contributed by atoms with van der Waals surface area (Å²) in [6, 6.07) is 17.9. The molecule has 21 aromatic heterocycles. The van der Waals surface area contributed by atoms with E-state index in [-0.39, 0.29) is 12.6 Å². The van der Waals surface area contributed by atoms with Crippen LogP contribution in [0.3, 0.4) is 0 Å². The van der Waals surface area contributed by atoms with E-state index in [4.69, 9.17) is 8.83 Å². The van der Waals surface area contributed by atoms with Gasteiger partial charge in [-0.15, -0.1) is 0 Å². The van der Waals surface area contributed by atoms with Crippen molar-refractivity contribution in [3.63, 3.8) is 0 Å². The standard InChI is InChI=1S/C14H15N5O.C13H14N6.C12H13N7.C12H11N5O.C12H11N3O.2C11H11N7/c1-9-18-11(10-4-5-17-14(10)19-9)2-3-12-13(8-20)16-7-6-15-12;1-8-11(15-6-5-14-8)7-17-13-10-3-4-16-12(10)18-9(2)19-13;1-7-9(14-4-3-13-7)5-15-11-10-12(17-6-16-10)19-8(2)18-11;1-2-9(18-3-1)4-8-5-13-11-10-12(15-6-14-11)16-7-17(8)10;1-4-11-13-6-7-15(11)12(5-1)14-9-10-3-2-8-16-10;1-7-9(13-3-2-12-7)5-14-10-8-4-17-18-11(8)16-6-15-10;1-7-8(13-3-2-12-7)4-14-10-9-11(16-5-15-9)18-6-17-10/h4-7,20H,2-3,8H2,1H3,(H,17,18,19);3-6H,7H2,1-2H3,(H2,16,17,18,19);3-4,6H,5H2,1-2H3,(H2,15,16,17,18,19);1-3,6-8H,4-5H2,(H,13,14,15);1-8,14H,9H2;2-4,6H,5H2,1H3,(H2,14,15,16,17,18);2-3,5-6H,4H2,1H3,(H2,14,15,16,17,18). The number of nitrogens with one attached hydrogen (secondary N) is 11. The van der Waals surface area contributed by atoms with Gasteiger partial charge in [-0.3, -0.25) is 59.3 Å². The van der Waals surface area contributed by atoms with Crippen LogP contribution in [0.2, 0.25) is 0 Å². The van der Waals surface area contributed by atoms with Gasteiger partial charge in [-0.05, 0) is 110 Å². The van der Waals surface area contributed by atoms with E-state index in [1.165, 1.54) is 19.0 Å². The molecule has 0 radical (unpaired) electrons. The van der Waals surface area contributed by atoms with Crippen molar-refractivity contribution in [2.45, 2.75) is 113 Å². The zero-order valence-corrected chi connectivity index (χ0v) is 70.4. The number of aromatic amines is 5. The first-order valence-corrected chi connectivity index (χ1v) is 40.4. The quantitative estimate of drug-likeness (QED) is 0.0318. The molecule has 128 heavy (non-hydrogen) atoms. The van der Waals surface area contributed by atoms with Crippen molar-refractivity contribution in [3.8, 4) is 0 Å². The number of rotatable bonds is 21. The molecule has 22 rings (SSSR count). The lowest BCUT2D eigenvalue weighted by atomic mass is 10.1. The summed E-state index contributed by atoms with van der Waals surface area (Å²) in [5.74, 6) is 8.89. The second-order valence-electron chi connectivity index (χ2n) is 28.5. The predicted molar refractivity (Wildman–Crippen MR) is 475 cm³/mol. The maximum absolute atomic E-state index is 9.27. The number of imidazole rings is 4. The topological polar surface area (TPSA) is 555 Å². The summed E-state index contributed by atoms with van der Waals surface area (Å²) < 4.78 is 14.8. The van der Waals surface area contributed by atoms with Gasteiger partial charge in [-0.2, -0.15) is 5.10 Å². The summed E-state index contributed by atoms with van der Waals surface area (Å²) in [5.41, 5.74) is 17.6. The van der Waals surface area contributed by atoms with E-state index in [1.54, 1.807) is 99.5 Å². The molecule has 12 N–H and O–H groups in total. The Bertz CT molecular complexity index is 6940. The van der Waals surface area contributed by atoms with Crippen LogP contribution in [0, 0.1) is 48.5 Å². The molecular weight excluding hydrogens is 1630 g/mol. The van der Waals surface area contributed by atoms with Gasteiger partial charge in [0.1, 0.15) is 98.9 Å². The number of anilines is 6. The number of aliphatic hydroxyl groups is 1. The third-order valence-electron chi connectivity index (χ3n) is 20.0. The van der Waals surface area contributed by atoms with Crippen molar-refractivity contribution in [1.29, 1.82) is 0 Å². The molecule has 644 valence electrons. The van der Waals surface area contributed by atoms with Crippen LogP contribution in [0.4, 0.5) is 34.9 Å². The van der Waals surface area contributed by atoms with Crippen molar-refractivity contribution in [2.24, 2.45) is 0 Å². The predicted octanol–water partition coefficient (Wildman–Crippen LogP) is 11.0. The highest BCUT2D eigenvalue weighted by Crippen LogP contribution is 2.30. The van der Waals surface area contributed by atoms with Crippen LogP contribution in [-0.2, 0) is 58.6 Å². The summed E-state index contributed by atoms with van der Waals surface area (Å²) in [4.78, 5) is 122. The van der Waals surface area contributed by atoms with Crippen LogP contribution < -0.4 is 31.9 Å². The van der Waals surface area contributed by atoms with Crippen LogP contribution in [0.25, 0.3) is 72.2 Å². The van der Waals surface area contributed by atoms with E-state index in [1.807, 2.05) is 132 Å². The number of fused-ring (bicyclic) bond motifs is 6. The van der Waals surface area contributed by atoms with Gasteiger partial charge in [0, 0.05) is 105 Å². The monoisotopic (exact) mass is 1710 g/mol. The van der Waals surface area contributed by atoms with Gasteiger partial charge in [-0.1, -0.05) is 6.07 Å². The number of aryl methyl sites for hydroxylation is 9. The van der Waals surface area contributed by atoms with Gasteiger partial charge in [0.05, 0.1) is 156 Å². The van der Waals surface area contributed by atoms with Gasteiger partial charge in [0.2, 0.25) is 0 Å². The molecule has 0 aliphatic carbocycles. The summed E-state index contributed by atoms with van der Waals surface area (Å²) in [5, 5.41) is 38.5. The van der Waals surface area contributed by atoms with Crippen molar-refractivity contribution < 1.29 is 13.9 Å². The molecule has 21 aromatic rings. The average Bonchev–Trinajstić information content (AvgIpc) is 1.64. The first-order chi connectivity index (χ1) is 62.8. The number of hydrogen-bond acceptors (Lipinski definition) is 36. The van der Waals surface area contributed by atoms with Gasteiger partial charge < -0.3 is 70.3 Å². The van der Waals surface area contributed by atoms with E-state index in [9.17, 15) is 5.11 Å². The first-order valence-electron chi connectivity index (χ1n) is 40.4. The van der Waals surface area contributed by atoms with Crippen molar-refractivity contribution in [2.75, 3.05) is 38.4 Å². The molecule has 0 fully saturated rings. The fourth-order valence-electron chi connectivity index (χ4n) is 13.6. The lowest BCUT2D eigenvalue weighted by Crippen LogP contribution is -2.25. The lowest BCUT2D eigenvalue weighted by molar-refractivity contribution is 0.274. The number of nitrogens with zero attached hydrogens (tertiary/aromatic N) is 29. The van der Waals surface area contributed by atoms with E-state index in [0.29, 0.717) is 73.4 Å². The Morgan fingerprint density at radius 1 is 0.414 bits per heavy atom. The molecule has 1 unspecified atom stereocenters. The average molecular weight is 1720 g/mol. The lowest BCUT2D eigenvalue weighted by Gasteiger charge is -2.24. The van der Waals surface area contributed by atoms with E-state index in [0.717, 1.165) is 184 Å². The fraction of sp³-hybridized carbons (Fsp3) is 0.212. The minimum atomic E-state index is -0.0917. The maximum atomic E-state index is 9.27. The number of pyridine rings is 1. The SMILES string of the molecule is Cc1nc(CCc2nccnc2CO)c2cc[nH]c2n1.Cc1nc(NCc2nccnc2C)c2[nH]cnc2n1.Cc1nc(NCc2nccnc2C)c2cc[nH]c2n1.Cc1nccnc1CNc1ncnc2[nH]ncc12.Cc1nccnc1CNc1ncnc2nc[nH]c12.c1coc(CC2CNc3ncnc4ncn2c34)c1.c1coc(CNc2cccc3nccn23)c1. The highest BCUT2D eigenvalue weighted by Gasteiger charge is 2.25. The molecule has 0 aromatic carbocycles. The third kappa shape index (κ3) is 20.9. The molecule has 0 saturated heterocycles. The zero-order valence-electron chi connectivity index (χ0n) is 70.4. The van der Waals surface area contributed by atoms with Crippen LogP contribution in [-0.4, -0.2) is 180 Å². The van der Waals surface area contributed by atoms with Gasteiger partial charge >= 0.3 is 0 Å². The van der Waals surface area contributed by atoms with E-state index >= 15 is 0 Å². The fourth-order valence-corrected chi connectivity index (χ4v) is 13.6. The summed E-state index contributed by atoms with van der Waals surface area (Å²) in [6.07, 6.45) is 41.0. The Morgan fingerprint density at radius 2 is 0.961 bits per heavy atom. The molecule has 0 bridgehead atoms. The molecular formula is C85H86N40O3. The minimum Gasteiger partial charge on any atom is -0.469 e. The normalized spacial score (nSPS) is 11.8. The van der Waals surface area contributed by atoms with Crippen LogP contribution in [0.5, 0.6) is 0 Å². The highest BCUT2D eigenvalue weighted by molar-refractivity contribution is 5.88. The van der Waals surface area contributed by atoms with Crippen LogP contribution in [0.1, 0.15) is 97.7 Å². The molecule has 43 heteroatoms.